The summed E-state index contributed by atoms with van der Waals surface area (Å²) < 4.78 is 0. The number of allylic oxidation sites excluding steroid dienone is 5. The number of hydrogen-bond donors (Lipinski definition) is 1. The fraction of sp³-hybridized carbons (Fsp3) is 0.0833. The molecule has 0 aliphatic heterocycles. The molecule has 0 aromatic heterocycles. The van der Waals surface area contributed by atoms with Crippen molar-refractivity contribution in [2.24, 2.45) is 4.99 Å². The Bertz CT molecular complexity index is 348. The number of aliphatic imine (C=N–C) groups is 1. The minimum atomic E-state index is 0.803. The first-order valence-electron chi connectivity index (χ1n) is 4.02. The molecule has 0 aromatic rings. The third kappa shape index (κ3) is 5.23. The summed E-state index contributed by atoms with van der Waals surface area (Å²) in [7, 11) is 0. The molecule has 0 bridgehead atoms. The Morgan fingerprint density at radius 3 is 2.57 bits per heavy atom. The van der Waals surface area contributed by atoms with E-state index in [2.05, 4.69) is 42.8 Å². The van der Waals surface area contributed by atoms with E-state index in [4.69, 9.17) is 0 Å². The SMILES string of the molecule is C=CC(/C=C/C(C#CC)=C\N=C)=C\S. The summed E-state index contributed by atoms with van der Waals surface area (Å²) in [6.45, 7) is 8.79. The number of hydrogen-bond acceptors (Lipinski definition) is 2. The maximum Gasteiger partial charge on any atom is 0.0428 e. The number of thiol groups is 1. The molecule has 0 N–H and O–H groups in total. The highest BCUT2D eigenvalue weighted by molar-refractivity contribution is 7.83. The molecular formula is C12H13NS. The minimum absolute atomic E-state index is 0.803. The van der Waals surface area contributed by atoms with Gasteiger partial charge in [-0.1, -0.05) is 24.7 Å². The fourth-order valence-corrected chi connectivity index (χ4v) is 0.901. The molecule has 0 saturated carbocycles. The van der Waals surface area contributed by atoms with Crippen LogP contribution >= 0.6 is 12.6 Å². The van der Waals surface area contributed by atoms with E-state index in [0.717, 1.165) is 11.1 Å². The molecule has 0 saturated heterocycles. The van der Waals surface area contributed by atoms with E-state index in [1.165, 1.54) is 0 Å². The van der Waals surface area contributed by atoms with E-state index >= 15 is 0 Å². The van der Waals surface area contributed by atoms with Crippen LogP contribution in [0.2, 0.25) is 0 Å². The van der Waals surface area contributed by atoms with Crippen molar-refractivity contribution in [3.8, 4) is 11.8 Å². The molecule has 1 nitrogen and oxygen atoms in total. The molecule has 2 heteroatoms. The Kier molecular flexibility index (Phi) is 7.30. The first-order valence-corrected chi connectivity index (χ1v) is 4.53. The average Bonchev–Trinajstić information content (AvgIpc) is 2.20. The molecule has 0 fully saturated rings. The molecule has 0 atom stereocenters. The Morgan fingerprint density at radius 1 is 1.43 bits per heavy atom. The third-order valence-electron chi connectivity index (χ3n) is 1.34. The summed E-state index contributed by atoms with van der Waals surface area (Å²) in [6.07, 6.45) is 7.02. The number of rotatable bonds is 4. The van der Waals surface area contributed by atoms with Gasteiger partial charge in [-0.05, 0) is 30.7 Å². The van der Waals surface area contributed by atoms with Gasteiger partial charge in [0, 0.05) is 11.8 Å². The summed E-state index contributed by atoms with van der Waals surface area (Å²) in [5.41, 5.74) is 1.72. The molecule has 14 heavy (non-hydrogen) atoms. The lowest BCUT2D eigenvalue weighted by molar-refractivity contribution is 1.55. The van der Waals surface area contributed by atoms with Gasteiger partial charge in [0.15, 0.2) is 0 Å². The van der Waals surface area contributed by atoms with E-state index in [0.29, 0.717) is 0 Å². The van der Waals surface area contributed by atoms with Crippen molar-refractivity contribution in [2.75, 3.05) is 0 Å². The first-order chi connectivity index (χ1) is 6.78. The van der Waals surface area contributed by atoms with Crippen molar-refractivity contribution in [1.82, 2.24) is 0 Å². The van der Waals surface area contributed by atoms with Crippen LogP contribution < -0.4 is 0 Å². The third-order valence-corrected chi connectivity index (χ3v) is 1.64. The van der Waals surface area contributed by atoms with Crippen LogP contribution in [0.3, 0.4) is 0 Å². The van der Waals surface area contributed by atoms with Gasteiger partial charge < -0.3 is 0 Å². The van der Waals surface area contributed by atoms with E-state index < -0.39 is 0 Å². The van der Waals surface area contributed by atoms with Crippen molar-refractivity contribution in [2.45, 2.75) is 6.92 Å². The molecule has 0 amide bonds. The van der Waals surface area contributed by atoms with Gasteiger partial charge in [-0.15, -0.1) is 5.92 Å². The molecule has 0 spiro atoms. The van der Waals surface area contributed by atoms with E-state index in [1.807, 2.05) is 12.2 Å². The van der Waals surface area contributed by atoms with Crippen molar-refractivity contribution < 1.29 is 0 Å². The van der Waals surface area contributed by atoms with E-state index in [1.54, 1.807) is 24.6 Å². The van der Waals surface area contributed by atoms with Gasteiger partial charge in [0.2, 0.25) is 0 Å². The van der Waals surface area contributed by atoms with Gasteiger partial charge in [0.05, 0.1) is 0 Å². The molecule has 0 aliphatic rings. The van der Waals surface area contributed by atoms with Gasteiger partial charge >= 0.3 is 0 Å². The zero-order valence-corrected chi connectivity index (χ0v) is 9.09. The molecule has 0 radical (unpaired) electrons. The van der Waals surface area contributed by atoms with Gasteiger partial charge in [-0.2, -0.15) is 12.6 Å². The lowest BCUT2D eigenvalue weighted by Gasteiger charge is -1.90. The maximum atomic E-state index is 4.03. The van der Waals surface area contributed by atoms with Gasteiger partial charge in [-0.3, -0.25) is 4.99 Å². The second-order valence-corrected chi connectivity index (χ2v) is 2.57. The summed E-state index contributed by atoms with van der Waals surface area (Å²) in [5, 5.41) is 1.67. The largest absolute Gasteiger partial charge is 0.271 e. The molecule has 72 valence electrons. The quantitative estimate of drug-likeness (QED) is 0.312. The van der Waals surface area contributed by atoms with Crippen LogP contribution in [0.5, 0.6) is 0 Å². The molecule has 0 rings (SSSR count). The van der Waals surface area contributed by atoms with Crippen LogP contribution in [0.4, 0.5) is 0 Å². The maximum absolute atomic E-state index is 4.03. The van der Waals surface area contributed by atoms with E-state index in [-0.39, 0.29) is 0 Å². The lowest BCUT2D eigenvalue weighted by atomic mass is 10.2. The highest BCUT2D eigenvalue weighted by atomic mass is 32.1. The van der Waals surface area contributed by atoms with Gasteiger partial charge in [0.1, 0.15) is 0 Å². The van der Waals surface area contributed by atoms with Crippen LogP contribution in [0.15, 0.2) is 52.6 Å². The standard InChI is InChI=1S/C12H13NS/c1-4-6-12(9-13-3)8-7-11(5-2)10-14/h5,7-10,14H,2-3H2,1H3/b8-7+,11-10+,12-9-. The van der Waals surface area contributed by atoms with E-state index in [9.17, 15) is 0 Å². The van der Waals surface area contributed by atoms with Crippen molar-refractivity contribution in [3.63, 3.8) is 0 Å². The smallest absolute Gasteiger partial charge is 0.0428 e. The highest BCUT2D eigenvalue weighted by Gasteiger charge is 1.85. The molecule has 0 unspecified atom stereocenters. The fourth-order valence-electron chi connectivity index (χ4n) is 0.709. The number of nitrogens with zero attached hydrogens (tertiary/aromatic N) is 1. The van der Waals surface area contributed by atoms with Crippen molar-refractivity contribution in [1.29, 1.82) is 0 Å². The Morgan fingerprint density at radius 2 is 2.14 bits per heavy atom. The molecule has 0 aromatic carbocycles. The molecular weight excluding hydrogens is 190 g/mol. The lowest BCUT2D eigenvalue weighted by Crippen LogP contribution is -1.73. The normalized spacial score (nSPS) is 12.1. The Labute approximate surface area is 91.0 Å². The van der Waals surface area contributed by atoms with Crippen molar-refractivity contribution >= 4 is 19.3 Å². The minimum Gasteiger partial charge on any atom is -0.271 e. The average molecular weight is 203 g/mol. The van der Waals surface area contributed by atoms with Crippen LogP contribution in [0.25, 0.3) is 0 Å². The molecule has 0 heterocycles. The summed E-state index contributed by atoms with van der Waals surface area (Å²) in [5.74, 6) is 5.68. The second kappa shape index (κ2) is 8.15. The zero-order chi connectivity index (χ0) is 10.8. The van der Waals surface area contributed by atoms with Crippen LogP contribution in [0, 0.1) is 11.8 Å². The highest BCUT2D eigenvalue weighted by Crippen LogP contribution is 2.03. The summed E-state index contributed by atoms with van der Waals surface area (Å²) >= 11 is 4.03. The Hall–Kier alpha value is -1.46. The van der Waals surface area contributed by atoms with Crippen LogP contribution in [-0.4, -0.2) is 6.72 Å². The summed E-state index contributed by atoms with van der Waals surface area (Å²) in [6, 6.07) is 0. The molecule has 0 aliphatic carbocycles. The van der Waals surface area contributed by atoms with Crippen LogP contribution in [-0.2, 0) is 0 Å². The Balaban J connectivity index is 4.73. The summed E-state index contributed by atoms with van der Waals surface area (Å²) in [4.78, 5) is 3.65. The first kappa shape index (κ1) is 12.5. The van der Waals surface area contributed by atoms with Gasteiger partial charge in [-0.25, -0.2) is 0 Å². The van der Waals surface area contributed by atoms with Gasteiger partial charge in [0.25, 0.3) is 0 Å². The predicted octanol–water partition coefficient (Wildman–Crippen LogP) is 3.15. The topological polar surface area (TPSA) is 12.4 Å². The van der Waals surface area contributed by atoms with Crippen LogP contribution in [0.1, 0.15) is 6.92 Å². The predicted molar refractivity (Wildman–Crippen MR) is 67.5 cm³/mol. The monoisotopic (exact) mass is 203 g/mol. The van der Waals surface area contributed by atoms with Crippen molar-refractivity contribution in [3.05, 3.63) is 47.6 Å². The zero-order valence-electron chi connectivity index (χ0n) is 8.20. The second-order valence-electron chi connectivity index (χ2n) is 2.31.